The molecular formula is C76H148O17P2. The fraction of sp³-hybridized carbons (Fsp3) is 0.947. The molecule has 0 aliphatic rings. The van der Waals surface area contributed by atoms with Crippen molar-refractivity contribution in [1.29, 1.82) is 0 Å². The number of hydrogen-bond acceptors (Lipinski definition) is 15. The SMILES string of the molecule is CC(C)CCCCCCCCCCCCCCCCCCCCC(=O)O[C@H](COC(=O)CCCCCCCCC(C)C)COP(=O)(O)OCC(O)COP(=O)(O)OC[C@@H](COC(=O)CCCCCCCCC(C)C)OC(=O)CCCCCCCCCCCCCCCC(C)C. The lowest BCUT2D eigenvalue weighted by atomic mass is 10.0. The monoisotopic (exact) mass is 1400 g/mol. The van der Waals surface area contributed by atoms with Crippen molar-refractivity contribution in [2.24, 2.45) is 23.7 Å². The molecule has 0 aliphatic carbocycles. The second kappa shape index (κ2) is 65.4. The maximum Gasteiger partial charge on any atom is 0.472 e. The zero-order valence-electron chi connectivity index (χ0n) is 62.3. The molecule has 0 aromatic rings. The number of carbonyl (C=O) groups is 4. The van der Waals surface area contributed by atoms with E-state index in [2.05, 4.69) is 55.4 Å². The molecule has 95 heavy (non-hydrogen) atoms. The summed E-state index contributed by atoms with van der Waals surface area (Å²) in [5.41, 5.74) is 0. The van der Waals surface area contributed by atoms with Crippen LogP contribution >= 0.6 is 15.6 Å². The number of aliphatic hydroxyl groups is 1. The standard InChI is InChI=1S/C76H148O17P2/c1-66(2)52-44-36-28-24-20-16-13-11-9-10-12-14-18-22-26-30-42-50-58-75(80)92-71(62-86-73(78)56-48-40-34-32-38-46-54-68(5)6)64-90-94(82,83)88-60-70(77)61-89-95(84,85)91-65-72(63-87-74(79)57-49-41-35-33-39-47-55-69(7)8)93-76(81)59-51-43-31-27-23-19-15-17-21-25-29-37-45-53-67(3)4/h66-72,77H,9-65H2,1-8H3,(H,82,83)(H,84,85)/t70?,71-,72-/m1/s1. The van der Waals surface area contributed by atoms with E-state index in [0.717, 1.165) is 115 Å². The molecule has 564 valence electrons. The lowest BCUT2D eigenvalue weighted by Gasteiger charge is -2.21. The van der Waals surface area contributed by atoms with Crippen LogP contribution in [-0.2, 0) is 65.4 Å². The van der Waals surface area contributed by atoms with Crippen molar-refractivity contribution in [2.45, 2.75) is 401 Å². The summed E-state index contributed by atoms with van der Waals surface area (Å²) in [6, 6.07) is 0. The fourth-order valence-corrected chi connectivity index (χ4v) is 13.1. The lowest BCUT2D eigenvalue weighted by Crippen LogP contribution is -2.30. The Bertz CT molecular complexity index is 1870. The van der Waals surface area contributed by atoms with Crippen LogP contribution < -0.4 is 0 Å². The van der Waals surface area contributed by atoms with E-state index in [9.17, 15) is 43.2 Å². The van der Waals surface area contributed by atoms with Gasteiger partial charge in [0.2, 0.25) is 0 Å². The molecule has 19 heteroatoms. The Balaban J connectivity index is 5.14. The smallest absolute Gasteiger partial charge is 0.462 e. The highest BCUT2D eigenvalue weighted by atomic mass is 31.2. The molecule has 0 fully saturated rings. The van der Waals surface area contributed by atoms with Crippen LogP contribution in [-0.4, -0.2) is 96.7 Å². The number of phosphoric acid groups is 2. The van der Waals surface area contributed by atoms with Gasteiger partial charge in [-0.05, 0) is 49.4 Å². The third-order valence-corrected chi connectivity index (χ3v) is 19.5. The number of unbranched alkanes of at least 4 members (excludes halogenated alkanes) is 39. The van der Waals surface area contributed by atoms with E-state index >= 15 is 0 Å². The molecule has 0 heterocycles. The van der Waals surface area contributed by atoms with Gasteiger partial charge in [0.15, 0.2) is 12.2 Å². The summed E-state index contributed by atoms with van der Waals surface area (Å²) in [4.78, 5) is 72.7. The summed E-state index contributed by atoms with van der Waals surface area (Å²) >= 11 is 0. The molecule has 0 aliphatic heterocycles. The molecule has 0 radical (unpaired) electrons. The normalized spacial score (nSPS) is 14.1. The zero-order chi connectivity index (χ0) is 70.3. The largest absolute Gasteiger partial charge is 0.472 e. The topological polar surface area (TPSA) is 237 Å². The number of esters is 4. The van der Waals surface area contributed by atoms with Crippen molar-refractivity contribution in [1.82, 2.24) is 0 Å². The third-order valence-electron chi connectivity index (χ3n) is 17.6. The second-order valence-electron chi connectivity index (χ2n) is 29.3. The van der Waals surface area contributed by atoms with Gasteiger partial charge < -0.3 is 33.8 Å². The van der Waals surface area contributed by atoms with E-state index in [4.69, 9.17) is 37.0 Å². The number of aliphatic hydroxyl groups excluding tert-OH is 1. The summed E-state index contributed by atoms with van der Waals surface area (Å²) in [6.07, 6.45) is 50.4. The maximum absolute atomic E-state index is 13.0. The molecule has 0 saturated carbocycles. The lowest BCUT2D eigenvalue weighted by molar-refractivity contribution is -0.161. The van der Waals surface area contributed by atoms with Crippen LogP contribution in [0.4, 0.5) is 0 Å². The maximum atomic E-state index is 13.0. The van der Waals surface area contributed by atoms with E-state index in [0.29, 0.717) is 37.5 Å². The van der Waals surface area contributed by atoms with E-state index in [1.807, 2.05) is 0 Å². The number of ether oxygens (including phenoxy) is 4. The highest BCUT2D eigenvalue weighted by Crippen LogP contribution is 2.45. The van der Waals surface area contributed by atoms with Crippen LogP contribution in [0.1, 0.15) is 383 Å². The van der Waals surface area contributed by atoms with E-state index < -0.39 is 97.5 Å². The van der Waals surface area contributed by atoms with Gasteiger partial charge in [-0.15, -0.1) is 0 Å². The Morgan fingerprint density at radius 3 is 0.653 bits per heavy atom. The fourth-order valence-electron chi connectivity index (χ4n) is 11.6. The number of carbonyl (C=O) groups excluding carboxylic acids is 4. The van der Waals surface area contributed by atoms with Gasteiger partial charge in [0.05, 0.1) is 26.4 Å². The van der Waals surface area contributed by atoms with E-state index in [1.165, 1.54) is 173 Å². The summed E-state index contributed by atoms with van der Waals surface area (Å²) in [5, 5.41) is 10.6. The molecule has 3 N–H and O–H groups in total. The molecule has 0 bridgehead atoms. The van der Waals surface area contributed by atoms with Gasteiger partial charge in [-0.25, -0.2) is 9.13 Å². The molecule has 3 unspecified atom stereocenters. The highest BCUT2D eigenvalue weighted by molar-refractivity contribution is 7.47. The van der Waals surface area contributed by atoms with Crippen LogP contribution in [0, 0.1) is 23.7 Å². The second-order valence-corrected chi connectivity index (χ2v) is 32.2. The Labute approximate surface area is 581 Å². The van der Waals surface area contributed by atoms with Crippen molar-refractivity contribution < 1.29 is 80.2 Å². The molecule has 0 aromatic carbocycles. The van der Waals surface area contributed by atoms with Crippen LogP contribution in [0.2, 0.25) is 0 Å². The zero-order valence-corrected chi connectivity index (χ0v) is 64.1. The van der Waals surface area contributed by atoms with Gasteiger partial charge in [0, 0.05) is 25.7 Å². The van der Waals surface area contributed by atoms with Crippen molar-refractivity contribution in [2.75, 3.05) is 39.6 Å². The van der Waals surface area contributed by atoms with Crippen molar-refractivity contribution in [3.05, 3.63) is 0 Å². The van der Waals surface area contributed by atoms with Crippen molar-refractivity contribution in [3.8, 4) is 0 Å². The highest BCUT2D eigenvalue weighted by Gasteiger charge is 2.30. The minimum atomic E-state index is -4.96. The van der Waals surface area contributed by atoms with Crippen molar-refractivity contribution in [3.63, 3.8) is 0 Å². The Morgan fingerprint density at radius 1 is 0.263 bits per heavy atom. The van der Waals surface area contributed by atoms with E-state index in [1.54, 1.807) is 0 Å². The predicted molar refractivity (Wildman–Crippen MR) is 386 cm³/mol. The first-order valence-corrected chi connectivity index (χ1v) is 42.2. The van der Waals surface area contributed by atoms with Gasteiger partial charge in [-0.2, -0.15) is 0 Å². The third kappa shape index (κ3) is 70.3. The summed E-state index contributed by atoms with van der Waals surface area (Å²) in [5.74, 6) is 0.840. The summed E-state index contributed by atoms with van der Waals surface area (Å²) in [7, 11) is -9.91. The molecule has 0 aromatic heterocycles. The van der Waals surface area contributed by atoms with Crippen molar-refractivity contribution >= 4 is 39.5 Å². The number of phosphoric ester groups is 2. The van der Waals surface area contributed by atoms with Crippen LogP contribution in [0.25, 0.3) is 0 Å². The van der Waals surface area contributed by atoms with Gasteiger partial charge in [0.1, 0.15) is 19.3 Å². The molecule has 5 atom stereocenters. The molecular weight excluding hydrogens is 1250 g/mol. The summed E-state index contributed by atoms with van der Waals surface area (Å²) < 4.78 is 68.4. The van der Waals surface area contributed by atoms with Gasteiger partial charge in [-0.3, -0.25) is 37.3 Å². The first-order valence-electron chi connectivity index (χ1n) is 39.2. The predicted octanol–water partition coefficient (Wildman–Crippen LogP) is 22.0. The average Bonchev–Trinajstić information content (AvgIpc) is 1.83. The van der Waals surface area contributed by atoms with Gasteiger partial charge in [0.25, 0.3) is 0 Å². The van der Waals surface area contributed by atoms with Crippen LogP contribution in [0.5, 0.6) is 0 Å². The first kappa shape index (κ1) is 93.1. The molecule has 0 amide bonds. The quantitative estimate of drug-likeness (QED) is 0.0222. The molecule has 0 spiro atoms. The Hall–Kier alpha value is -1.94. The van der Waals surface area contributed by atoms with E-state index in [-0.39, 0.29) is 25.7 Å². The summed E-state index contributed by atoms with van der Waals surface area (Å²) in [6.45, 7) is 14.1. The van der Waals surface area contributed by atoms with Gasteiger partial charge >= 0.3 is 39.5 Å². The number of hydrogen-bond donors (Lipinski definition) is 3. The molecule has 17 nitrogen and oxygen atoms in total. The molecule has 0 rings (SSSR count). The number of rotatable bonds is 73. The average molecular weight is 1400 g/mol. The van der Waals surface area contributed by atoms with Crippen LogP contribution in [0.15, 0.2) is 0 Å². The minimum Gasteiger partial charge on any atom is -0.462 e. The Morgan fingerprint density at radius 2 is 0.442 bits per heavy atom. The first-order chi connectivity index (χ1) is 45.6. The van der Waals surface area contributed by atoms with Gasteiger partial charge in [-0.1, -0.05) is 331 Å². The van der Waals surface area contributed by atoms with Crippen LogP contribution in [0.3, 0.4) is 0 Å². The molecule has 0 saturated heterocycles. The minimum absolute atomic E-state index is 0.106. The Kier molecular flexibility index (Phi) is 64.0.